The van der Waals surface area contributed by atoms with Crippen LogP contribution in [0.25, 0.3) is 0 Å². The van der Waals surface area contributed by atoms with E-state index in [-0.39, 0.29) is 17.4 Å². The van der Waals surface area contributed by atoms with Crippen molar-refractivity contribution in [2.24, 2.45) is 0 Å². The minimum absolute atomic E-state index is 0. The number of esters is 1. The molecular weight excluding hydrogens is 231 g/mol. The molecule has 3 N–H and O–H groups in total. The number of rotatable bonds is 2. The molecule has 0 radical (unpaired) electrons. The second-order valence-electron chi connectivity index (χ2n) is 2.71. The molecule has 86 valence electrons. The fourth-order valence-corrected chi connectivity index (χ4v) is 0.976. The molecule has 6 nitrogen and oxygen atoms in total. The number of phenols is 2. The van der Waals surface area contributed by atoms with E-state index >= 15 is 0 Å². The molecule has 0 saturated heterocycles. The lowest BCUT2D eigenvalue weighted by Gasteiger charge is -2.08. The molecule has 1 aromatic carbocycles. The fraction of sp³-hybridized carbons (Fsp3) is 0.111. The first-order valence-corrected chi connectivity index (χ1v) is 3.90. The van der Waals surface area contributed by atoms with Crippen molar-refractivity contribution in [3.05, 3.63) is 17.7 Å². The smallest absolute Gasteiger partial charge is 0.339 e. The summed E-state index contributed by atoms with van der Waals surface area (Å²) in [5.74, 6) is -4.06. The van der Waals surface area contributed by atoms with Crippen LogP contribution < -0.4 is 4.74 Å². The lowest BCUT2D eigenvalue weighted by molar-refractivity contribution is -0.132. The number of phenolic OH excluding ortho intramolecular Hbond substituents is 2. The molecule has 0 aromatic heterocycles. The normalized spacial score (nSPS) is 9.06. The van der Waals surface area contributed by atoms with E-state index in [1.165, 1.54) is 0 Å². The van der Waals surface area contributed by atoms with Gasteiger partial charge in [-0.1, -0.05) is 0 Å². The van der Waals surface area contributed by atoms with Gasteiger partial charge in [-0.2, -0.15) is 0 Å². The summed E-state index contributed by atoms with van der Waals surface area (Å²) in [6.45, 7) is 1.05. The van der Waals surface area contributed by atoms with Gasteiger partial charge in [-0.3, -0.25) is 4.79 Å². The van der Waals surface area contributed by atoms with E-state index in [1.807, 2.05) is 0 Å². The molecule has 0 aliphatic carbocycles. The largest absolute Gasteiger partial charge is 0.504 e. The van der Waals surface area contributed by atoms with Crippen molar-refractivity contribution in [2.75, 3.05) is 0 Å². The minimum Gasteiger partial charge on any atom is -0.504 e. The van der Waals surface area contributed by atoms with E-state index in [0.29, 0.717) is 0 Å². The van der Waals surface area contributed by atoms with E-state index in [9.17, 15) is 14.7 Å². The Morgan fingerprint density at radius 1 is 1.25 bits per heavy atom. The highest BCUT2D eigenvalue weighted by atomic mass is 27.0. The monoisotopic (exact) mass is 242 g/mol. The van der Waals surface area contributed by atoms with E-state index in [1.54, 1.807) is 0 Å². The van der Waals surface area contributed by atoms with Crippen molar-refractivity contribution in [3.63, 3.8) is 0 Å². The molecule has 0 amide bonds. The molecule has 0 saturated carbocycles. The summed E-state index contributed by atoms with van der Waals surface area (Å²) in [5, 5.41) is 27.1. The van der Waals surface area contributed by atoms with Crippen LogP contribution in [0.4, 0.5) is 0 Å². The number of benzene rings is 1. The molecule has 0 aliphatic rings. The quantitative estimate of drug-likeness (QED) is 0.280. The topological polar surface area (TPSA) is 104 Å². The fourth-order valence-electron chi connectivity index (χ4n) is 0.976. The molecule has 0 heterocycles. The van der Waals surface area contributed by atoms with Gasteiger partial charge in [0.05, 0.1) is 0 Å². The van der Waals surface area contributed by atoms with E-state index < -0.39 is 34.8 Å². The Morgan fingerprint density at radius 3 is 2.25 bits per heavy atom. The Labute approximate surface area is 101 Å². The molecule has 0 unspecified atom stereocenters. The first-order valence-electron chi connectivity index (χ1n) is 3.90. The SMILES string of the molecule is CC(=O)Oc1c(C(=O)O)ccc(O)c1O.[AlH3]. The molecule has 1 rings (SSSR count). The first-order chi connectivity index (χ1) is 6.93. The number of ether oxygens (including phenoxy) is 1. The molecule has 7 heteroatoms. The summed E-state index contributed by atoms with van der Waals surface area (Å²) in [6, 6.07) is 2.02. The number of hydrogen-bond donors (Lipinski definition) is 3. The van der Waals surface area contributed by atoms with Gasteiger partial charge in [0, 0.05) is 6.92 Å². The van der Waals surface area contributed by atoms with Crippen LogP contribution in [0.5, 0.6) is 17.2 Å². The molecular formula is C9H11AlO6. The van der Waals surface area contributed by atoms with Gasteiger partial charge in [-0.25, -0.2) is 4.79 Å². The maximum absolute atomic E-state index is 10.7. The van der Waals surface area contributed by atoms with Gasteiger partial charge in [0.15, 0.2) is 28.9 Å². The van der Waals surface area contributed by atoms with Crippen molar-refractivity contribution in [3.8, 4) is 17.2 Å². The standard InChI is InChI=1S/C9H8O6.Al.3H/c1-4(10)15-8-5(9(13)14)2-3-6(11)7(8)12;;;;/h2-3,11-12H,1H3,(H,13,14);;;;. The maximum Gasteiger partial charge on any atom is 0.339 e. The summed E-state index contributed by atoms with van der Waals surface area (Å²) in [4.78, 5) is 21.3. The second-order valence-corrected chi connectivity index (χ2v) is 2.71. The average Bonchev–Trinajstić information content (AvgIpc) is 2.12. The lowest BCUT2D eigenvalue weighted by atomic mass is 10.1. The van der Waals surface area contributed by atoms with E-state index in [2.05, 4.69) is 4.74 Å². The highest BCUT2D eigenvalue weighted by Gasteiger charge is 2.19. The summed E-state index contributed by atoms with van der Waals surface area (Å²) < 4.78 is 4.49. The molecule has 1 aromatic rings. The van der Waals surface area contributed by atoms with Crippen molar-refractivity contribution < 1.29 is 29.6 Å². The third-order valence-electron chi connectivity index (χ3n) is 1.59. The molecule has 16 heavy (non-hydrogen) atoms. The molecule has 0 aliphatic heterocycles. The Balaban J connectivity index is 0.00000225. The summed E-state index contributed by atoms with van der Waals surface area (Å²) in [7, 11) is 0. The number of carbonyl (C=O) groups excluding carboxylic acids is 1. The predicted octanol–water partition coefficient (Wildman–Crippen LogP) is -0.463. The molecule has 0 fully saturated rings. The highest BCUT2D eigenvalue weighted by Crippen LogP contribution is 2.38. The van der Waals surface area contributed by atoms with Crippen molar-refractivity contribution in [2.45, 2.75) is 6.92 Å². The Bertz CT molecular complexity index is 428. The Morgan fingerprint density at radius 2 is 1.81 bits per heavy atom. The van der Waals surface area contributed by atoms with Crippen LogP contribution in [0.3, 0.4) is 0 Å². The van der Waals surface area contributed by atoms with Crippen molar-refractivity contribution >= 4 is 29.3 Å². The summed E-state index contributed by atoms with van der Waals surface area (Å²) in [6.07, 6.45) is 0. The van der Waals surface area contributed by atoms with Crippen LogP contribution in [0.15, 0.2) is 12.1 Å². The zero-order chi connectivity index (χ0) is 11.6. The van der Waals surface area contributed by atoms with Gasteiger partial charge in [0.2, 0.25) is 5.75 Å². The van der Waals surface area contributed by atoms with Crippen LogP contribution in [-0.2, 0) is 4.79 Å². The van der Waals surface area contributed by atoms with Crippen molar-refractivity contribution in [1.29, 1.82) is 0 Å². The maximum atomic E-state index is 10.7. The zero-order valence-electron chi connectivity index (χ0n) is 7.72. The Hall–Kier alpha value is -1.71. The van der Waals surface area contributed by atoms with Gasteiger partial charge in [-0.05, 0) is 12.1 Å². The van der Waals surface area contributed by atoms with Gasteiger partial charge >= 0.3 is 11.9 Å². The number of aromatic carboxylic acids is 1. The lowest BCUT2D eigenvalue weighted by Crippen LogP contribution is -2.07. The summed E-state index contributed by atoms with van der Waals surface area (Å²) >= 11 is 0. The second kappa shape index (κ2) is 5.40. The van der Waals surface area contributed by atoms with Gasteiger partial charge in [0.25, 0.3) is 0 Å². The molecule has 0 spiro atoms. The van der Waals surface area contributed by atoms with Crippen LogP contribution in [-0.4, -0.2) is 44.6 Å². The van der Waals surface area contributed by atoms with E-state index in [4.69, 9.17) is 10.2 Å². The van der Waals surface area contributed by atoms with Crippen molar-refractivity contribution in [1.82, 2.24) is 0 Å². The minimum atomic E-state index is -1.37. The van der Waals surface area contributed by atoms with Gasteiger partial charge in [0.1, 0.15) is 5.56 Å². The van der Waals surface area contributed by atoms with Gasteiger partial charge < -0.3 is 20.1 Å². The number of hydrogen-bond acceptors (Lipinski definition) is 5. The highest BCUT2D eigenvalue weighted by molar-refractivity contribution is 5.93. The molecule has 0 atom stereocenters. The number of carboxylic acid groups (broad SMARTS) is 1. The average molecular weight is 242 g/mol. The predicted molar refractivity (Wildman–Crippen MR) is 58.0 cm³/mol. The Kier molecular flexibility index (Phi) is 4.82. The first kappa shape index (κ1) is 14.3. The number of aromatic hydroxyl groups is 2. The third-order valence-corrected chi connectivity index (χ3v) is 1.59. The van der Waals surface area contributed by atoms with Gasteiger partial charge in [-0.15, -0.1) is 0 Å². The van der Waals surface area contributed by atoms with E-state index in [0.717, 1.165) is 19.1 Å². The molecule has 0 bridgehead atoms. The van der Waals surface area contributed by atoms with Crippen LogP contribution >= 0.6 is 0 Å². The summed E-state index contributed by atoms with van der Waals surface area (Å²) in [5.41, 5.74) is -0.402. The van der Waals surface area contributed by atoms with Crippen LogP contribution in [0, 0.1) is 0 Å². The number of carbonyl (C=O) groups is 2. The third kappa shape index (κ3) is 2.89. The zero-order valence-corrected chi connectivity index (χ0v) is 7.72. The van der Waals surface area contributed by atoms with Crippen LogP contribution in [0.1, 0.15) is 17.3 Å². The van der Waals surface area contributed by atoms with Crippen LogP contribution in [0.2, 0.25) is 0 Å². The number of carboxylic acids is 1.